The van der Waals surface area contributed by atoms with Gasteiger partial charge in [0, 0.05) is 11.7 Å². The summed E-state index contributed by atoms with van der Waals surface area (Å²) in [5, 5.41) is 13.0. The number of aromatic hydroxyl groups is 1. The molecule has 1 aliphatic carbocycles. The van der Waals surface area contributed by atoms with Crippen LogP contribution in [0.1, 0.15) is 56.3 Å². The van der Waals surface area contributed by atoms with Gasteiger partial charge in [0.15, 0.2) is 0 Å². The van der Waals surface area contributed by atoms with Crippen LogP contribution in [0.5, 0.6) is 5.75 Å². The first kappa shape index (κ1) is 19.6. The molecule has 0 saturated heterocycles. The van der Waals surface area contributed by atoms with Gasteiger partial charge in [-0.3, -0.25) is 9.52 Å². The smallest absolute Gasteiger partial charge is 0.255 e. The number of hydrogen-bond acceptors (Lipinski definition) is 4. The van der Waals surface area contributed by atoms with E-state index in [0.717, 1.165) is 31.9 Å². The van der Waals surface area contributed by atoms with Gasteiger partial charge in [-0.15, -0.1) is 0 Å². The quantitative estimate of drug-likeness (QED) is 0.550. The van der Waals surface area contributed by atoms with Crippen molar-refractivity contribution >= 4 is 21.6 Å². The predicted octanol–water partition coefficient (Wildman–Crippen LogP) is 3.10. The van der Waals surface area contributed by atoms with Crippen molar-refractivity contribution in [2.24, 2.45) is 11.8 Å². The van der Waals surface area contributed by atoms with Crippen LogP contribution in [-0.2, 0) is 10.0 Å². The van der Waals surface area contributed by atoms with Gasteiger partial charge in [-0.25, -0.2) is 8.42 Å². The normalized spacial score (nSPS) is 21.6. The van der Waals surface area contributed by atoms with Crippen LogP contribution in [0.15, 0.2) is 18.2 Å². The average molecular weight is 368 g/mol. The molecule has 140 valence electrons. The second-order valence-electron chi connectivity index (χ2n) is 7.29. The summed E-state index contributed by atoms with van der Waals surface area (Å²) in [6, 6.07) is 4.19. The second-order valence-corrected chi connectivity index (χ2v) is 9.04. The Kier molecular flexibility index (Phi) is 6.32. The molecule has 1 aliphatic rings. The molecule has 6 nitrogen and oxygen atoms in total. The van der Waals surface area contributed by atoms with Crippen molar-refractivity contribution in [2.45, 2.75) is 52.0 Å². The van der Waals surface area contributed by atoms with E-state index in [1.165, 1.54) is 24.6 Å². The molecular formula is C18H28N2O4S. The van der Waals surface area contributed by atoms with Gasteiger partial charge in [-0.05, 0) is 49.3 Å². The Hall–Kier alpha value is -1.76. The number of carbonyl (C=O) groups is 1. The van der Waals surface area contributed by atoms with Crippen molar-refractivity contribution in [3.63, 3.8) is 0 Å². The Morgan fingerprint density at radius 2 is 1.92 bits per heavy atom. The van der Waals surface area contributed by atoms with Crippen molar-refractivity contribution in [3.8, 4) is 5.75 Å². The van der Waals surface area contributed by atoms with Gasteiger partial charge in [-0.1, -0.05) is 26.7 Å². The molecule has 3 N–H and O–H groups in total. The number of phenolic OH excluding ortho intramolecular Hbond substituents is 1. The molecule has 25 heavy (non-hydrogen) atoms. The third-order valence-corrected chi connectivity index (χ3v) is 5.44. The first-order chi connectivity index (χ1) is 11.7. The largest absolute Gasteiger partial charge is 0.507 e. The zero-order chi connectivity index (χ0) is 18.6. The number of phenols is 1. The lowest BCUT2D eigenvalue weighted by Crippen LogP contribution is -2.34. The fourth-order valence-corrected chi connectivity index (χ4v) is 3.96. The van der Waals surface area contributed by atoms with E-state index < -0.39 is 10.0 Å². The molecule has 0 unspecified atom stereocenters. The summed E-state index contributed by atoms with van der Waals surface area (Å²) in [6.07, 6.45) is 6.24. The third kappa shape index (κ3) is 5.92. The van der Waals surface area contributed by atoms with Crippen LogP contribution in [-0.4, -0.2) is 31.7 Å². The van der Waals surface area contributed by atoms with Crippen molar-refractivity contribution < 1.29 is 18.3 Å². The molecule has 2 rings (SSSR count). The predicted molar refractivity (Wildman–Crippen MR) is 99.2 cm³/mol. The summed E-state index contributed by atoms with van der Waals surface area (Å²) in [4.78, 5) is 12.5. The second kappa shape index (κ2) is 8.08. The molecule has 0 bridgehead atoms. The Morgan fingerprint density at radius 3 is 2.56 bits per heavy atom. The number of sulfonamides is 1. The Bertz CT molecular complexity index is 716. The molecule has 0 aromatic heterocycles. The van der Waals surface area contributed by atoms with Crippen LogP contribution in [0, 0.1) is 11.8 Å². The number of anilines is 1. The molecule has 1 saturated carbocycles. The molecular weight excluding hydrogens is 340 g/mol. The Balaban J connectivity index is 2.06. The molecule has 7 heteroatoms. The molecule has 2 atom stereocenters. The average Bonchev–Trinajstić information content (AvgIpc) is 2.73. The third-order valence-electron chi connectivity index (χ3n) is 4.84. The number of benzene rings is 1. The zero-order valence-corrected chi connectivity index (χ0v) is 15.9. The van der Waals surface area contributed by atoms with Crippen molar-refractivity contribution in [1.29, 1.82) is 0 Å². The van der Waals surface area contributed by atoms with Gasteiger partial charge in [0.2, 0.25) is 10.0 Å². The van der Waals surface area contributed by atoms with Crippen molar-refractivity contribution in [3.05, 3.63) is 23.8 Å². The number of rotatable bonds is 5. The Morgan fingerprint density at radius 1 is 1.20 bits per heavy atom. The van der Waals surface area contributed by atoms with Crippen LogP contribution in [0.4, 0.5) is 5.69 Å². The molecule has 0 aliphatic heterocycles. The van der Waals surface area contributed by atoms with Crippen LogP contribution in [0.3, 0.4) is 0 Å². The number of amides is 1. The lowest BCUT2D eigenvalue weighted by atomic mass is 9.89. The van der Waals surface area contributed by atoms with Gasteiger partial charge >= 0.3 is 0 Å². The van der Waals surface area contributed by atoms with E-state index in [0.29, 0.717) is 11.8 Å². The molecule has 0 heterocycles. The highest BCUT2D eigenvalue weighted by Crippen LogP contribution is 2.29. The van der Waals surface area contributed by atoms with Crippen LogP contribution in [0.25, 0.3) is 0 Å². The van der Waals surface area contributed by atoms with Gasteiger partial charge < -0.3 is 10.4 Å². The van der Waals surface area contributed by atoms with Gasteiger partial charge in [0.1, 0.15) is 5.75 Å². The fraction of sp³-hybridized carbons (Fsp3) is 0.611. The van der Waals surface area contributed by atoms with E-state index >= 15 is 0 Å². The van der Waals surface area contributed by atoms with E-state index in [9.17, 15) is 18.3 Å². The van der Waals surface area contributed by atoms with Gasteiger partial charge in [0.05, 0.1) is 11.8 Å². The summed E-state index contributed by atoms with van der Waals surface area (Å²) < 4.78 is 25.0. The maximum Gasteiger partial charge on any atom is 0.255 e. The Labute approximate surface area is 150 Å². The first-order valence-corrected chi connectivity index (χ1v) is 10.7. The molecule has 1 aromatic carbocycles. The maximum atomic E-state index is 12.5. The summed E-state index contributed by atoms with van der Waals surface area (Å²) in [7, 11) is -3.44. The lowest BCUT2D eigenvalue weighted by molar-refractivity contribution is 0.0930. The summed E-state index contributed by atoms with van der Waals surface area (Å²) in [5.74, 6) is 0.808. The standard InChI is InChI=1S/C18H28N2O4S/c1-12(2)13-5-4-6-14(8-7-13)19-18(22)16-11-15(9-10-17(16)21)20-25(3,23)24/h9-14,20-21H,4-8H2,1-3H3,(H,19,22)/t13-,14-/m0/s1. The van der Waals surface area contributed by atoms with Crippen LogP contribution >= 0.6 is 0 Å². The van der Waals surface area contributed by atoms with Crippen molar-refractivity contribution in [1.82, 2.24) is 5.32 Å². The molecule has 0 spiro atoms. The van der Waals surface area contributed by atoms with E-state index in [-0.39, 0.29) is 28.9 Å². The minimum Gasteiger partial charge on any atom is -0.507 e. The summed E-state index contributed by atoms with van der Waals surface area (Å²) in [5.41, 5.74) is 0.337. The maximum absolute atomic E-state index is 12.5. The van der Waals surface area contributed by atoms with Crippen molar-refractivity contribution in [2.75, 3.05) is 11.0 Å². The van der Waals surface area contributed by atoms with E-state index in [2.05, 4.69) is 23.9 Å². The summed E-state index contributed by atoms with van der Waals surface area (Å²) in [6.45, 7) is 4.48. The minimum absolute atomic E-state index is 0.0818. The van der Waals surface area contributed by atoms with Crippen LogP contribution < -0.4 is 10.0 Å². The SMILES string of the molecule is CC(C)[C@H]1CCC[C@H](NC(=O)c2cc(NS(C)(=O)=O)ccc2O)CC1. The summed E-state index contributed by atoms with van der Waals surface area (Å²) >= 11 is 0. The lowest BCUT2D eigenvalue weighted by Gasteiger charge is -2.19. The number of hydrogen-bond donors (Lipinski definition) is 3. The fourth-order valence-electron chi connectivity index (χ4n) is 3.40. The number of carbonyl (C=O) groups excluding carboxylic acids is 1. The van der Waals surface area contributed by atoms with Gasteiger partial charge in [0.25, 0.3) is 5.91 Å². The van der Waals surface area contributed by atoms with Gasteiger partial charge in [-0.2, -0.15) is 0 Å². The zero-order valence-electron chi connectivity index (χ0n) is 15.1. The molecule has 0 radical (unpaired) electrons. The molecule has 1 amide bonds. The topological polar surface area (TPSA) is 95.5 Å². The highest BCUT2D eigenvalue weighted by molar-refractivity contribution is 7.92. The highest BCUT2D eigenvalue weighted by Gasteiger charge is 2.23. The monoisotopic (exact) mass is 368 g/mol. The van der Waals surface area contributed by atoms with Crippen LogP contribution in [0.2, 0.25) is 0 Å². The minimum atomic E-state index is -3.44. The molecule has 1 aromatic rings. The van der Waals surface area contributed by atoms with E-state index in [1.807, 2.05) is 0 Å². The van der Waals surface area contributed by atoms with E-state index in [4.69, 9.17) is 0 Å². The van der Waals surface area contributed by atoms with E-state index in [1.54, 1.807) is 0 Å². The highest BCUT2D eigenvalue weighted by atomic mass is 32.2. The first-order valence-electron chi connectivity index (χ1n) is 8.77. The number of nitrogens with one attached hydrogen (secondary N) is 2. The molecule has 1 fully saturated rings.